The average molecular weight is 305 g/mol. The molecule has 0 unspecified atom stereocenters. The van der Waals surface area contributed by atoms with E-state index in [9.17, 15) is 18.7 Å². The highest BCUT2D eigenvalue weighted by molar-refractivity contribution is 5.95. The van der Waals surface area contributed by atoms with E-state index in [0.717, 1.165) is 0 Å². The number of amides is 1. The third kappa shape index (κ3) is 4.11. The van der Waals surface area contributed by atoms with Gasteiger partial charge in [-0.1, -0.05) is 18.2 Å². The van der Waals surface area contributed by atoms with Crippen LogP contribution in [0.15, 0.2) is 42.5 Å². The fourth-order valence-electron chi connectivity index (χ4n) is 1.91. The van der Waals surface area contributed by atoms with Gasteiger partial charge in [-0.05, 0) is 49.2 Å². The number of carbonyl (C=O) groups excluding carboxylic acids is 1. The lowest BCUT2D eigenvalue weighted by atomic mass is 10.0. The van der Waals surface area contributed by atoms with Gasteiger partial charge < -0.3 is 10.4 Å². The molecule has 0 bridgehead atoms. The van der Waals surface area contributed by atoms with E-state index in [0.29, 0.717) is 11.1 Å². The molecule has 0 aromatic heterocycles. The number of carbonyl (C=O) groups is 1. The SMILES string of the molecule is CC(C)(O)CNC(=O)c1ccc(-c2ccc(F)cc2)cc1F. The van der Waals surface area contributed by atoms with Gasteiger partial charge >= 0.3 is 0 Å². The van der Waals surface area contributed by atoms with Crippen LogP contribution in [-0.2, 0) is 0 Å². The van der Waals surface area contributed by atoms with Gasteiger partial charge in [0, 0.05) is 6.54 Å². The van der Waals surface area contributed by atoms with Crippen LogP contribution in [0, 0.1) is 11.6 Å². The zero-order valence-electron chi connectivity index (χ0n) is 12.4. The molecule has 2 rings (SSSR count). The molecule has 0 heterocycles. The van der Waals surface area contributed by atoms with Crippen LogP contribution in [0.1, 0.15) is 24.2 Å². The Kier molecular flexibility index (Phi) is 4.56. The summed E-state index contributed by atoms with van der Waals surface area (Å²) in [6, 6.07) is 9.85. The van der Waals surface area contributed by atoms with Crippen molar-refractivity contribution in [3.05, 3.63) is 59.7 Å². The van der Waals surface area contributed by atoms with Crippen molar-refractivity contribution in [2.45, 2.75) is 19.4 Å². The van der Waals surface area contributed by atoms with Crippen LogP contribution in [0.5, 0.6) is 0 Å². The van der Waals surface area contributed by atoms with Gasteiger partial charge in [0.15, 0.2) is 0 Å². The van der Waals surface area contributed by atoms with Crippen molar-refractivity contribution >= 4 is 5.91 Å². The fourth-order valence-corrected chi connectivity index (χ4v) is 1.91. The minimum Gasteiger partial charge on any atom is -0.389 e. The van der Waals surface area contributed by atoms with Crippen LogP contribution in [0.25, 0.3) is 11.1 Å². The normalized spacial score (nSPS) is 11.3. The van der Waals surface area contributed by atoms with Crippen LogP contribution < -0.4 is 5.32 Å². The fraction of sp³-hybridized carbons (Fsp3) is 0.235. The molecule has 0 saturated heterocycles. The monoisotopic (exact) mass is 305 g/mol. The molecule has 0 aliphatic carbocycles. The second-order valence-corrected chi connectivity index (χ2v) is 5.70. The van der Waals surface area contributed by atoms with E-state index in [1.54, 1.807) is 19.9 Å². The number of hydrogen-bond acceptors (Lipinski definition) is 2. The second-order valence-electron chi connectivity index (χ2n) is 5.70. The maximum atomic E-state index is 14.1. The van der Waals surface area contributed by atoms with Gasteiger partial charge in [0.2, 0.25) is 0 Å². The van der Waals surface area contributed by atoms with Crippen molar-refractivity contribution in [1.82, 2.24) is 5.32 Å². The van der Waals surface area contributed by atoms with Gasteiger partial charge in [-0.3, -0.25) is 4.79 Å². The van der Waals surface area contributed by atoms with Crippen LogP contribution in [0.4, 0.5) is 8.78 Å². The van der Waals surface area contributed by atoms with E-state index in [1.807, 2.05) is 0 Å². The zero-order valence-corrected chi connectivity index (χ0v) is 12.4. The third-order valence-corrected chi connectivity index (χ3v) is 3.07. The summed E-state index contributed by atoms with van der Waals surface area (Å²) in [6.07, 6.45) is 0. The molecular formula is C17H17F2NO2. The quantitative estimate of drug-likeness (QED) is 0.912. The number of aliphatic hydroxyl groups is 1. The first-order valence-corrected chi connectivity index (χ1v) is 6.82. The molecule has 116 valence electrons. The molecule has 22 heavy (non-hydrogen) atoms. The Labute approximate surface area is 127 Å². The number of hydrogen-bond donors (Lipinski definition) is 2. The zero-order chi connectivity index (χ0) is 16.3. The van der Waals surface area contributed by atoms with E-state index >= 15 is 0 Å². The van der Waals surface area contributed by atoms with Crippen molar-refractivity contribution in [1.29, 1.82) is 0 Å². The van der Waals surface area contributed by atoms with Gasteiger partial charge in [-0.15, -0.1) is 0 Å². The van der Waals surface area contributed by atoms with Crippen LogP contribution in [0.2, 0.25) is 0 Å². The summed E-state index contributed by atoms with van der Waals surface area (Å²) in [7, 11) is 0. The predicted octanol–water partition coefficient (Wildman–Crippen LogP) is 3.13. The molecule has 2 aromatic carbocycles. The predicted molar refractivity (Wildman–Crippen MR) is 80.4 cm³/mol. The standard InChI is InChI=1S/C17H17F2NO2/c1-17(2,22)10-20-16(21)14-8-5-12(9-15(14)19)11-3-6-13(18)7-4-11/h3-9,22H,10H2,1-2H3,(H,20,21). The molecule has 0 spiro atoms. The number of nitrogens with one attached hydrogen (secondary N) is 1. The summed E-state index contributed by atoms with van der Waals surface area (Å²) in [4.78, 5) is 11.9. The lowest BCUT2D eigenvalue weighted by Crippen LogP contribution is -2.38. The first-order chi connectivity index (χ1) is 10.3. The molecular weight excluding hydrogens is 288 g/mol. The Morgan fingerprint density at radius 3 is 2.23 bits per heavy atom. The van der Waals surface area contributed by atoms with Gasteiger partial charge in [0.05, 0.1) is 11.2 Å². The third-order valence-electron chi connectivity index (χ3n) is 3.07. The van der Waals surface area contributed by atoms with Crippen molar-refractivity contribution < 1.29 is 18.7 Å². The van der Waals surface area contributed by atoms with Crippen LogP contribution in [-0.4, -0.2) is 23.2 Å². The van der Waals surface area contributed by atoms with Gasteiger partial charge in [0.25, 0.3) is 5.91 Å². The highest BCUT2D eigenvalue weighted by Crippen LogP contribution is 2.22. The van der Waals surface area contributed by atoms with Crippen LogP contribution in [0.3, 0.4) is 0 Å². The Morgan fingerprint density at radius 2 is 1.68 bits per heavy atom. The van der Waals surface area contributed by atoms with Gasteiger partial charge in [0.1, 0.15) is 11.6 Å². The average Bonchev–Trinajstić information content (AvgIpc) is 2.44. The van der Waals surface area contributed by atoms with Crippen molar-refractivity contribution in [2.75, 3.05) is 6.54 Å². The lowest BCUT2D eigenvalue weighted by molar-refractivity contribution is 0.0692. The maximum absolute atomic E-state index is 14.1. The van der Waals surface area contributed by atoms with E-state index in [2.05, 4.69) is 5.32 Å². The molecule has 3 nitrogen and oxygen atoms in total. The number of benzene rings is 2. The molecule has 0 radical (unpaired) electrons. The topological polar surface area (TPSA) is 49.3 Å². The Hall–Kier alpha value is -2.27. The summed E-state index contributed by atoms with van der Waals surface area (Å²) in [5, 5.41) is 12.0. The van der Waals surface area contributed by atoms with E-state index in [-0.39, 0.29) is 17.9 Å². The molecule has 5 heteroatoms. The smallest absolute Gasteiger partial charge is 0.254 e. The summed E-state index contributed by atoms with van der Waals surface area (Å²) < 4.78 is 27.0. The highest BCUT2D eigenvalue weighted by Gasteiger charge is 2.17. The Bertz CT molecular complexity index is 676. The van der Waals surface area contributed by atoms with Crippen molar-refractivity contribution in [2.24, 2.45) is 0 Å². The van der Waals surface area contributed by atoms with Gasteiger partial charge in [-0.25, -0.2) is 8.78 Å². The van der Waals surface area contributed by atoms with E-state index in [4.69, 9.17) is 0 Å². The minimum atomic E-state index is -1.07. The van der Waals surface area contributed by atoms with Crippen molar-refractivity contribution in [3.8, 4) is 11.1 Å². The molecule has 0 fully saturated rings. The molecule has 0 saturated carbocycles. The molecule has 2 N–H and O–H groups in total. The summed E-state index contributed by atoms with van der Waals surface area (Å²) in [5.74, 6) is -1.63. The second kappa shape index (κ2) is 6.23. The molecule has 0 aliphatic rings. The van der Waals surface area contributed by atoms with E-state index < -0.39 is 17.3 Å². The highest BCUT2D eigenvalue weighted by atomic mass is 19.1. The first kappa shape index (κ1) is 16.1. The molecule has 1 amide bonds. The van der Waals surface area contributed by atoms with Crippen molar-refractivity contribution in [3.63, 3.8) is 0 Å². The van der Waals surface area contributed by atoms with Gasteiger partial charge in [-0.2, -0.15) is 0 Å². The summed E-state index contributed by atoms with van der Waals surface area (Å²) in [6.45, 7) is 3.10. The Morgan fingerprint density at radius 1 is 1.09 bits per heavy atom. The molecule has 0 atom stereocenters. The number of rotatable bonds is 4. The number of halogens is 2. The first-order valence-electron chi connectivity index (χ1n) is 6.82. The lowest BCUT2D eigenvalue weighted by Gasteiger charge is -2.17. The molecule has 2 aromatic rings. The summed E-state index contributed by atoms with van der Waals surface area (Å²) in [5.41, 5.74) is 0.0376. The van der Waals surface area contributed by atoms with Crippen LogP contribution >= 0.6 is 0 Å². The summed E-state index contributed by atoms with van der Waals surface area (Å²) >= 11 is 0. The molecule has 0 aliphatic heterocycles. The minimum absolute atomic E-state index is 0.0188. The maximum Gasteiger partial charge on any atom is 0.254 e. The largest absolute Gasteiger partial charge is 0.389 e. The van der Waals surface area contributed by atoms with E-state index in [1.165, 1.54) is 36.4 Å². The Balaban J connectivity index is 2.19.